The van der Waals surface area contributed by atoms with E-state index in [-0.39, 0.29) is 23.2 Å². The van der Waals surface area contributed by atoms with Crippen molar-refractivity contribution < 1.29 is 18.0 Å². The van der Waals surface area contributed by atoms with Gasteiger partial charge in [-0.15, -0.1) is 0 Å². The monoisotopic (exact) mass is 592 g/mol. The van der Waals surface area contributed by atoms with Gasteiger partial charge in [-0.2, -0.15) is 13.2 Å². The molecule has 0 unspecified atom stereocenters. The van der Waals surface area contributed by atoms with Gasteiger partial charge < -0.3 is 4.57 Å². The number of para-hydroxylation sites is 1. The fourth-order valence-corrected chi connectivity index (χ4v) is 5.34. The maximum atomic E-state index is 14.1. The smallest absolute Gasteiger partial charge is 0.306 e. The summed E-state index contributed by atoms with van der Waals surface area (Å²) in [5, 5.41) is 0.765. The van der Waals surface area contributed by atoms with Gasteiger partial charge in [-0.05, 0) is 79.9 Å². The van der Waals surface area contributed by atoms with Crippen molar-refractivity contribution in [1.82, 2.24) is 19.1 Å². The number of benzene rings is 3. The Balaban J connectivity index is 1.43. The van der Waals surface area contributed by atoms with Crippen LogP contribution in [0.3, 0.4) is 0 Å². The lowest BCUT2D eigenvalue weighted by molar-refractivity contribution is -0.137. The van der Waals surface area contributed by atoms with Gasteiger partial charge in [-0.3, -0.25) is 19.1 Å². The summed E-state index contributed by atoms with van der Waals surface area (Å²) in [5.41, 5.74) is 4.23. The molecule has 6 nitrogen and oxygen atoms in total. The van der Waals surface area contributed by atoms with Crippen LogP contribution in [0.25, 0.3) is 33.4 Å². The molecule has 6 aromatic rings. The van der Waals surface area contributed by atoms with Gasteiger partial charge in [-0.25, -0.2) is 4.98 Å². The molecule has 3 aromatic heterocycles. The van der Waals surface area contributed by atoms with E-state index in [0.29, 0.717) is 28.1 Å². The lowest BCUT2D eigenvalue weighted by Gasteiger charge is -2.16. The van der Waals surface area contributed by atoms with E-state index >= 15 is 0 Å². The summed E-state index contributed by atoms with van der Waals surface area (Å²) in [7, 11) is 0. The van der Waals surface area contributed by atoms with Crippen LogP contribution in [-0.4, -0.2) is 24.9 Å². The Kier molecular flexibility index (Phi) is 7.25. The highest BCUT2D eigenvalue weighted by molar-refractivity contribution is 5.98. The van der Waals surface area contributed by atoms with Gasteiger partial charge in [0.2, 0.25) is 0 Å². The second-order valence-electron chi connectivity index (χ2n) is 10.9. The molecule has 0 aliphatic carbocycles. The van der Waals surface area contributed by atoms with Crippen LogP contribution >= 0.6 is 0 Å². The lowest BCUT2D eigenvalue weighted by atomic mass is 9.94. The quantitative estimate of drug-likeness (QED) is 0.187. The molecular formula is C35H27F3N4O2. The van der Waals surface area contributed by atoms with Gasteiger partial charge in [0.1, 0.15) is 0 Å². The van der Waals surface area contributed by atoms with Crippen LogP contribution in [-0.2, 0) is 12.6 Å². The zero-order chi connectivity index (χ0) is 31.2. The van der Waals surface area contributed by atoms with Crippen molar-refractivity contribution in [1.29, 1.82) is 0 Å². The fourth-order valence-electron chi connectivity index (χ4n) is 5.34. The first kappa shape index (κ1) is 28.8. The summed E-state index contributed by atoms with van der Waals surface area (Å²) >= 11 is 0. The van der Waals surface area contributed by atoms with Gasteiger partial charge in [0.15, 0.2) is 5.78 Å². The molecule has 0 N–H and O–H groups in total. The maximum absolute atomic E-state index is 14.1. The first-order valence-electron chi connectivity index (χ1n) is 13.9. The molecule has 0 radical (unpaired) electrons. The molecule has 0 spiro atoms. The van der Waals surface area contributed by atoms with E-state index in [1.54, 1.807) is 42.1 Å². The zero-order valence-corrected chi connectivity index (χ0v) is 24.2. The van der Waals surface area contributed by atoms with Crippen LogP contribution in [0.2, 0.25) is 0 Å². The number of ketones is 1. The molecule has 44 heavy (non-hydrogen) atoms. The van der Waals surface area contributed by atoms with Crippen LogP contribution in [0.4, 0.5) is 13.2 Å². The van der Waals surface area contributed by atoms with Crippen molar-refractivity contribution in [3.05, 3.63) is 142 Å². The third-order valence-corrected chi connectivity index (χ3v) is 7.57. The minimum atomic E-state index is -4.64. The Morgan fingerprint density at radius 2 is 1.59 bits per heavy atom. The predicted molar refractivity (Wildman–Crippen MR) is 164 cm³/mol. The largest absolute Gasteiger partial charge is 0.416 e. The number of aromatic nitrogens is 4. The number of hydrogen-bond acceptors (Lipinski definition) is 4. The lowest BCUT2D eigenvalue weighted by Crippen LogP contribution is -2.21. The number of halogens is 3. The van der Waals surface area contributed by atoms with Crippen molar-refractivity contribution in [2.24, 2.45) is 0 Å². The van der Waals surface area contributed by atoms with Crippen molar-refractivity contribution in [2.45, 2.75) is 33.4 Å². The van der Waals surface area contributed by atoms with Gasteiger partial charge in [0, 0.05) is 52.4 Å². The molecule has 0 aliphatic heterocycles. The molecule has 6 rings (SSSR count). The van der Waals surface area contributed by atoms with E-state index < -0.39 is 17.5 Å². The zero-order valence-electron chi connectivity index (χ0n) is 24.2. The van der Waals surface area contributed by atoms with Crippen LogP contribution in [0.15, 0.2) is 102 Å². The van der Waals surface area contributed by atoms with Crippen molar-refractivity contribution >= 4 is 16.7 Å². The molecule has 9 heteroatoms. The molecule has 0 saturated heterocycles. The van der Waals surface area contributed by atoms with E-state index in [0.717, 1.165) is 34.3 Å². The number of fused-ring (bicyclic) bond motifs is 1. The second-order valence-corrected chi connectivity index (χ2v) is 10.9. The van der Waals surface area contributed by atoms with Crippen molar-refractivity contribution in [3.8, 4) is 22.5 Å². The van der Waals surface area contributed by atoms with E-state index in [9.17, 15) is 22.8 Å². The molecule has 0 bridgehead atoms. The molecular weight excluding hydrogens is 565 g/mol. The second kappa shape index (κ2) is 11.1. The van der Waals surface area contributed by atoms with Crippen LogP contribution in [0.1, 0.15) is 38.4 Å². The number of pyridine rings is 2. The fraction of sp³-hybridized carbons (Fsp3) is 0.143. The summed E-state index contributed by atoms with van der Waals surface area (Å²) in [6.07, 6.45) is -0.0622. The summed E-state index contributed by atoms with van der Waals surface area (Å²) in [4.78, 5) is 36.1. The summed E-state index contributed by atoms with van der Waals surface area (Å²) < 4.78 is 44.5. The Labute approximate surface area is 251 Å². The van der Waals surface area contributed by atoms with Gasteiger partial charge in [-0.1, -0.05) is 36.4 Å². The van der Waals surface area contributed by atoms with Gasteiger partial charge in [0.05, 0.1) is 23.1 Å². The molecule has 220 valence electrons. The third-order valence-electron chi connectivity index (χ3n) is 7.57. The first-order valence-corrected chi connectivity index (χ1v) is 13.9. The number of imidazole rings is 1. The number of nitrogens with zero attached hydrogens (tertiary/aromatic N) is 4. The topological polar surface area (TPSA) is 69.8 Å². The SMILES string of the molecule is Cc1cc2c(cn1)cc(-c1cc(CC(=O)c3cc(-n4cnc(C)c4)cc(C(F)(F)F)c3)ccc1C)c(=O)n2-c1ccccc1. The minimum absolute atomic E-state index is 0.0677. The Morgan fingerprint density at radius 3 is 2.30 bits per heavy atom. The highest BCUT2D eigenvalue weighted by Gasteiger charge is 2.32. The average Bonchev–Trinajstić information content (AvgIpc) is 3.44. The molecule has 3 heterocycles. The first-order chi connectivity index (χ1) is 21.0. The molecule has 0 saturated carbocycles. The van der Waals surface area contributed by atoms with Crippen LogP contribution < -0.4 is 5.56 Å². The summed E-state index contributed by atoms with van der Waals surface area (Å²) in [6.45, 7) is 5.46. The molecule has 0 atom stereocenters. The van der Waals surface area contributed by atoms with Crippen molar-refractivity contribution in [3.63, 3.8) is 0 Å². The van der Waals surface area contributed by atoms with Gasteiger partial charge in [0.25, 0.3) is 5.56 Å². The normalized spacial score (nSPS) is 11.7. The molecule has 0 aliphatic rings. The van der Waals surface area contributed by atoms with E-state index in [1.807, 2.05) is 56.3 Å². The van der Waals surface area contributed by atoms with Crippen LogP contribution in [0, 0.1) is 20.8 Å². The number of Topliss-reactive ketones (excluding diaryl/α,β-unsaturated/α-hetero) is 1. The predicted octanol–water partition coefficient (Wildman–Crippen LogP) is 7.61. The number of alkyl halides is 3. The Morgan fingerprint density at radius 1 is 0.818 bits per heavy atom. The summed E-state index contributed by atoms with van der Waals surface area (Å²) in [5.74, 6) is -0.483. The Hall–Kier alpha value is -5.31. The highest BCUT2D eigenvalue weighted by Crippen LogP contribution is 2.33. The van der Waals surface area contributed by atoms with Crippen LogP contribution in [0.5, 0.6) is 0 Å². The maximum Gasteiger partial charge on any atom is 0.416 e. The minimum Gasteiger partial charge on any atom is -0.306 e. The molecule has 3 aromatic carbocycles. The van der Waals surface area contributed by atoms with E-state index in [4.69, 9.17) is 0 Å². The number of carbonyl (C=O) groups is 1. The number of hydrogen-bond donors (Lipinski definition) is 0. The number of aryl methyl sites for hydroxylation is 3. The van der Waals surface area contributed by atoms with E-state index in [1.165, 1.54) is 17.0 Å². The standard InChI is InChI=1S/C35H27F3N4O2/c1-21-9-10-24(13-33(43)25-14-27(35(36,37)38)17-29(15-25)41-19-23(3)40-20-41)12-30(21)31-16-26-18-39-22(2)11-32(26)42(34(31)44)28-7-5-4-6-8-28/h4-12,14-20H,13H2,1-3H3. The van der Waals surface area contributed by atoms with Gasteiger partial charge >= 0.3 is 6.18 Å². The van der Waals surface area contributed by atoms with E-state index in [2.05, 4.69) is 9.97 Å². The number of rotatable bonds is 6. The third kappa shape index (κ3) is 5.56. The molecule has 0 fully saturated rings. The number of carbonyl (C=O) groups excluding carboxylic acids is 1. The summed E-state index contributed by atoms with van der Waals surface area (Å²) in [6, 6.07) is 21.6. The Bertz CT molecular complexity index is 2110. The van der Waals surface area contributed by atoms with Crippen molar-refractivity contribution in [2.75, 3.05) is 0 Å². The molecule has 0 amide bonds. The highest BCUT2D eigenvalue weighted by atomic mass is 19.4. The average molecular weight is 593 g/mol.